The summed E-state index contributed by atoms with van der Waals surface area (Å²) >= 11 is 1.12. The van der Waals surface area contributed by atoms with Crippen LogP contribution >= 0.6 is 24.2 Å². The van der Waals surface area contributed by atoms with Crippen LogP contribution in [0.4, 0.5) is 0 Å². The highest BCUT2D eigenvalue weighted by atomic mass is 35.5. The van der Waals surface area contributed by atoms with E-state index in [4.69, 9.17) is 15.9 Å². The maximum atomic E-state index is 10.4. The van der Waals surface area contributed by atoms with Gasteiger partial charge in [0.05, 0.1) is 5.75 Å². The van der Waals surface area contributed by atoms with E-state index in [1.54, 1.807) is 0 Å². The van der Waals surface area contributed by atoms with Crippen LogP contribution in [-0.2, 0) is 11.2 Å². The molecule has 4 N–H and O–H groups in total. The third-order valence-corrected chi connectivity index (χ3v) is 1.99. The molecule has 0 saturated heterocycles. The van der Waals surface area contributed by atoms with Gasteiger partial charge in [0.15, 0.2) is 0 Å². The molecule has 1 amide bonds. The van der Waals surface area contributed by atoms with E-state index in [0.717, 1.165) is 11.8 Å². The highest BCUT2D eigenvalue weighted by molar-refractivity contribution is 7.99. The minimum Gasteiger partial charge on any atom is -0.416 e. The second-order valence-corrected chi connectivity index (χ2v) is 3.18. The number of amides is 1. The minimum absolute atomic E-state index is 0. The standard InChI is InChI=1S/C6H10N4O2S.ClH/c7-2-1-5-9-10-6(12-5)13-3-4(8)11;/h1-3,7H2,(H2,8,11);1H. The lowest BCUT2D eigenvalue weighted by Gasteiger charge is -1.89. The number of carbonyl (C=O) groups is 1. The van der Waals surface area contributed by atoms with Gasteiger partial charge in [-0.2, -0.15) is 0 Å². The van der Waals surface area contributed by atoms with E-state index in [1.165, 1.54) is 0 Å². The molecule has 0 fully saturated rings. The lowest BCUT2D eigenvalue weighted by molar-refractivity contribution is -0.115. The van der Waals surface area contributed by atoms with Crippen molar-refractivity contribution in [1.29, 1.82) is 0 Å². The Morgan fingerprint density at radius 2 is 2.21 bits per heavy atom. The Morgan fingerprint density at radius 1 is 1.50 bits per heavy atom. The van der Waals surface area contributed by atoms with Crippen LogP contribution in [0.2, 0.25) is 0 Å². The van der Waals surface area contributed by atoms with E-state index >= 15 is 0 Å². The molecular weight excluding hydrogens is 228 g/mol. The number of carbonyl (C=O) groups excluding carboxylic acids is 1. The number of halogens is 1. The first-order chi connectivity index (χ1) is 6.22. The molecule has 0 bridgehead atoms. The molecule has 0 aliphatic rings. The summed E-state index contributed by atoms with van der Waals surface area (Å²) in [6.45, 7) is 0.460. The molecular formula is C6H11ClN4O2S. The monoisotopic (exact) mass is 238 g/mol. The fraction of sp³-hybridized carbons (Fsp3) is 0.500. The molecule has 0 aliphatic heterocycles. The molecule has 1 rings (SSSR count). The number of hydrogen-bond acceptors (Lipinski definition) is 6. The zero-order valence-electron chi connectivity index (χ0n) is 7.30. The molecule has 0 unspecified atom stereocenters. The van der Waals surface area contributed by atoms with Gasteiger partial charge < -0.3 is 15.9 Å². The van der Waals surface area contributed by atoms with E-state index in [0.29, 0.717) is 24.1 Å². The summed E-state index contributed by atoms with van der Waals surface area (Å²) in [5, 5.41) is 7.75. The summed E-state index contributed by atoms with van der Waals surface area (Å²) in [5.74, 6) is 0.211. The molecule has 14 heavy (non-hydrogen) atoms. The molecule has 0 saturated carbocycles. The van der Waals surface area contributed by atoms with Gasteiger partial charge in [0.25, 0.3) is 5.22 Å². The van der Waals surface area contributed by atoms with Crippen molar-refractivity contribution in [2.75, 3.05) is 12.3 Å². The lowest BCUT2D eigenvalue weighted by atomic mass is 10.4. The first-order valence-electron chi connectivity index (χ1n) is 3.66. The van der Waals surface area contributed by atoms with E-state index in [2.05, 4.69) is 10.2 Å². The van der Waals surface area contributed by atoms with Crippen molar-refractivity contribution in [3.05, 3.63) is 5.89 Å². The summed E-state index contributed by atoms with van der Waals surface area (Å²) in [5.41, 5.74) is 10.2. The van der Waals surface area contributed by atoms with Gasteiger partial charge in [0.2, 0.25) is 11.8 Å². The summed E-state index contributed by atoms with van der Waals surface area (Å²) in [7, 11) is 0. The fourth-order valence-electron chi connectivity index (χ4n) is 0.654. The van der Waals surface area contributed by atoms with Gasteiger partial charge in [0, 0.05) is 13.0 Å². The van der Waals surface area contributed by atoms with Crippen molar-refractivity contribution in [2.24, 2.45) is 11.5 Å². The van der Waals surface area contributed by atoms with Gasteiger partial charge in [-0.1, -0.05) is 11.8 Å². The van der Waals surface area contributed by atoms with Crippen LogP contribution in [0.5, 0.6) is 0 Å². The number of nitrogens with zero attached hydrogens (tertiary/aromatic N) is 2. The molecule has 1 heterocycles. The van der Waals surface area contributed by atoms with E-state index in [-0.39, 0.29) is 18.2 Å². The average molecular weight is 239 g/mol. The molecule has 1 aromatic heterocycles. The quantitative estimate of drug-likeness (QED) is 0.674. The summed E-state index contributed by atoms with van der Waals surface area (Å²) in [6, 6.07) is 0. The van der Waals surface area contributed by atoms with Crippen LogP contribution < -0.4 is 11.5 Å². The number of aromatic nitrogens is 2. The highest BCUT2D eigenvalue weighted by Crippen LogP contribution is 2.15. The molecule has 80 valence electrons. The third-order valence-electron chi connectivity index (χ3n) is 1.14. The van der Waals surface area contributed by atoms with Crippen molar-refractivity contribution < 1.29 is 9.21 Å². The van der Waals surface area contributed by atoms with Crippen LogP contribution in [0, 0.1) is 0 Å². The zero-order chi connectivity index (χ0) is 9.68. The van der Waals surface area contributed by atoms with Crippen LogP contribution in [0.15, 0.2) is 9.64 Å². The molecule has 8 heteroatoms. The molecule has 0 atom stereocenters. The van der Waals surface area contributed by atoms with E-state index in [1.807, 2.05) is 0 Å². The Morgan fingerprint density at radius 3 is 2.79 bits per heavy atom. The zero-order valence-corrected chi connectivity index (χ0v) is 8.94. The van der Waals surface area contributed by atoms with Gasteiger partial charge in [-0.25, -0.2) is 0 Å². The molecule has 6 nitrogen and oxygen atoms in total. The first kappa shape index (κ1) is 13.2. The first-order valence-corrected chi connectivity index (χ1v) is 4.64. The van der Waals surface area contributed by atoms with E-state index < -0.39 is 5.91 Å². The predicted octanol–water partition coefficient (Wildman–Crippen LogP) is -0.430. The number of rotatable bonds is 5. The molecule has 0 aromatic carbocycles. The van der Waals surface area contributed by atoms with Crippen molar-refractivity contribution in [3.63, 3.8) is 0 Å². The maximum Gasteiger partial charge on any atom is 0.277 e. The number of primary amides is 1. The van der Waals surface area contributed by atoms with Crippen LogP contribution in [0.25, 0.3) is 0 Å². The van der Waals surface area contributed by atoms with Crippen molar-refractivity contribution in [2.45, 2.75) is 11.6 Å². The normalized spacial score (nSPS) is 9.50. The fourth-order valence-corrected chi connectivity index (χ4v) is 1.17. The third kappa shape index (κ3) is 4.45. The minimum atomic E-state index is -0.413. The second-order valence-electron chi connectivity index (χ2n) is 2.26. The van der Waals surface area contributed by atoms with Crippen molar-refractivity contribution in [1.82, 2.24) is 10.2 Å². The number of thioether (sulfide) groups is 1. The van der Waals surface area contributed by atoms with Crippen molar-refractivity contribution >= 4 is 30.1 Å². The van der Waals surface area contributed by atoms with Gasteiger partial charge in [-0.3, -0.25) is 4.79 Å². The Balaban J connectivity index is 0.00000169. The van der Waals surface area contributed by atoms with Gasteiger partial charge in [-0.05, 0) is 0 Å². The molecule has 0 radical (unpaired) electrons. The Bertz CT molecular complexity index is 293. The van der Waals surface area contributed by atoms with Crippen LogP contribution in [0.3, 0.4) is 0 Å². The number of hydrogen-bond donors (Lipinski definition) is 2. The Hall–Kier alpha value is -0.790. The average Bonchev–Trinajstić information content (AvgIpc) is 2.50. The second kappa shape index (κ2) is 6.63. The van der Waals surface area contributed by atoms with E-state index in [9.17, 15) is 4.79 Å². The predicted molar refractivity (Wildman–Crippen MR) is 54.2 cm³/mol. The number of nitrogens with two attached hydrogens (primary N) is 2. The Labute approximate surface area is 91.2 Å². The molecule has 0 spiro atoms. The largest absolute Gasteiger partial charge is 0.416 e. The van der Waals surface area contributed by atoms with Crippen LogP contribution in [-0.4, -0.2) is 28.4 Å². The molecule has 0 aliphatic carbocycles. The molecule has 1 aromatic rings. The van der Waals surface area contributed by atoms with Gasteiger partial charge in [0.1, 0.15) is 0 Å². The summed E-state index contributed by atoms with van der Waals surface area (Å²) in [4.78, 5) is 10.4. The summed E-state index contributed by atoms with van der Waals surface area (Å²) in [6.07, 6.45) is 0.546. The van der Waals surface area contributed by atoms with Gasteiger partial charge in [-0.15, -0.1) is 22.6 Å². The van der Waals surface area contributed by atoms with Crippen molar-refractivity contribution in [3.8, 4) is 0 Å². The maximum absolute atomic E-state index is 10.4. The summed E-state index contributed by atoms with van der Waals surface area (Å²) < 4.78 is 5.13. The Kier molecular flexibility index (Phi) is 6.26. The lowest BCUT2D eigenvalue weighted by Crippen LogP contribution is -2.12. The highest BCUT2D eigenvalue weighted by Gasteiger charge is 2.06. The topological polar surface area (TPSA) is 108 Å². The smallest absolute Gasteiger partial charge is 0.277 e. The van der Waals surface area contributed by atoms with Crippen LogP contribution in [0.1, 0.15) is 5.89 Å². The SMILES string of the molecule is Cl.NCCc1nnc(SCC(N)=O)o1. The van der Waals surface area contributed by atoms with Gasteiger partial charge >= 0.3 is 0 Å².